The molecule has 2 fully saturated rings. The van der Waals surface area contributed by atoms with Crippen LogP contribution in [0.5, 0.6) is 0 Å². The molecule has 19 heavy (non-hydrogen) atoms. The summed E-state index contributed by atoms with van der Waals surface area (Å²) in [5.74, 6) is 0. The molecule has 2 rings (SSSR count). The van der Waals surface area contributed by atoms with E-state index in [0.29, 0.717) is 13.0 Å². The summed E-state index contributed by atoms with van der Waals surface area (Å²) in [5, 5.41) is 23.2. The summed E-state index contributed by atoms with van der Waals surface area (Å²) in [7, 11) is 1.71. The van der Waals surface area contributed by atoms with Crippen LogP contribution >= 0.6 is 0 Å². The second-order valence-corrected chi connectivity index (χ2v) is 5.41. The quantitative estimate of drug-likeness (QED) is 0.545. The number of nitro groups is 1. The predicted molar refractivity (Wildman–Crippen MR) is 69.4 cm³/mol. The zero-order valence-corrected chi connectivity index (χ0v) is 11.3. The molecule has 110 valence electrons. The molecule has 7 heteroatoms. The monoisotopic (exact) mass is 273 g/mol. The van der Waals surface area contributed by atoms with E-state index in [4.69, 9.17) is 4.74 Å². The zero-order chi connectivity index (χ0) is 13.8. The number of hydrogen-bond acceptors (Lipinski definition) is 6. The Morgan fingerprint density at radius 3 is 2.74 bits per heavy atom. The van der Waals surface area contributed by atoms with Gasteiger partial charge in [0.25, 0.3) is 6.17 Å². The molecule has 2 saturated heterocycles. The third-order valence-corrected chi connectivity index (χ3v) is 4.34. The fourth-order valence-corrected chi connectivity index (χ4v) is 3.14. The largest absolute Gasteiger partial charge is 0.395 e. The van der Waals surface area contributed by atoms with Crippen molar-refractivity contribution in [1.29, 1.82) is 0 Å². The van der Waals surface area contributed by atoms with E-state index in [1.807, 2.05) is 0 Å². The summed E-state index contributed by atoms with van der Waals surface area (Å²) < 4.78 is 5.41. The highest BCUT2D eigenvalue weighted by atomic mass is 16.6. The Labute approximate surface area is 113 Å². The minimum atomic E-state index is -0.619. The van der Waals surface area contributed by atoms with E-state index in [1.54, 1.807) is 7.11 Å². The number of ether oxygens (including phenoxy) is 1. The van der Waals surface area contributed by atoms with Crippen LogP contribution in [0.25, 0.3) is 0 Å². The van der Waals surface area contributed by atoms with Crippen LogP contribution in [0.3, 0.4) is 0 Å². The number of methoxy groups -OCH3 is 1. The highest BCUT2D eigenvalue weighted by Gasteiger charge is 2.36. The fourth-order valence-electron chi connectivity index (χ4n) is 3.14. The second-order valence-electron chi connectivity index (χ2n) is 5.41. The van der Waals surface area contributed by atoms with Crippen LogP contribution in [-0.2, 0) is 4.74 Å². The molecule has 0 saturated carbocycles. The predicted octanol–water partition coefficient (Wildman–Crippen LogP) is -0.187. The highest BCUT2D eigenvalue weighted by molar-refractivity contribution is 4.89. The number of aliphatic hydroxyl groups is 1. The van der Waals surface area contributed by atoms with Gasteiger partial charge < -0.3 is 9.84 Å². The lowest BCUT2D eigenvalue weighted by Crippen LogP contribution is -2.58. The molecular formula is C12H23N3O4. The maximum absolute atomic E-state index is 10.7. The molecule has 0 spiro atoms. The molecule has 2 heterocycles. The van der Waals surface area contributed by atoms with Gasteiger partial charge in [-0.2, -0.15) is 0 Å². The van der Waals surface area contributed by atoms with Crippen molar-refractivity contribution in [2.75, 3.05) is 26.8 Å². The first-order valence-corrected chi connectivity index (χ1v) is 6.92. The van der Waals surface area contributed by atoms with Gasteiger partial charge in [0.05, 0.1) is 12.7 Å². The lowest BCUT2D eigenvalue weighted by atomic mass is 9.94. The van der Waals surface area contributed by atoms with Crippen LogP contribution in [-0.4, -0.2) is 66.1 Å². The maximum Gasteiger partial charge on any atom is 0.266 e. The van der Waals surface area contributed by atoms with Crippen molar-refractivity contribution in [1.82, 2.24) is 10.2 Å². The molecule has 0 radical (unpaired) electrons. The molecule has 2 N–H and O–H groups in total. The molecule has 4 atom stereocenters. The van der Waals surface area contributed by atoms with Gasteiger partial charge in [-0.3, -0.25) is 20.3 Å². The topological polar surface area (TPSA) is 87.9 Å². The van der Waals surface area contributed by atoms with Gasteiger partial charge in [-0.05, 0) is 19.3 Å². The number of nitrogens with one attached hydrogen (secondary N) is 1. The Morgan fingerprint density at radius 2 is 2.21 bits per heavy atom. The van der Waals surface area contributed by atoms with Crippen molar-refractivity contribution in [2.24, 2.45) is 0 Å². The first-order chi connectivity index (χ1) is 9.15. The molecule has 2 aliphatic rings. The molecule has 0 bridgehead atoms. The standard InChI is InChI=1S/C12H23N3O4/c1-19-11-4-2-10(8-16)14(7-11)9-3-5-12(13-6-9)15(17)18/h9-13,16H,2-8H2,1H3. The van der Waals surface area contributed by atoms with E-state index >= 15 is 0 Å². The molecule has 0 amide bonds. The molecular weight excluding hydrogens is 250 g/mol. The van der Waals surface area contributed by atoms with Crippen LogP contribution in [0.15, 0.2) is 0 Å². The van der Waals surface area contributed by atoms with E-state index in [-0.39, 0.29) is 29.7 Å². The van der Waals surface area contributed by atoms with E-state index in [0.717, 1.165) is 25.8 Å². The zero-order valence-electron chi connectivity index (χ0n) is 11.3. The average molecular weight is 273 g/mol. The number of piperidine rings is 2. The summed E-state index contributed by atoms with van der Waals surface area (Å²) in [6.07, 6.45) is 2.82. The lowest BCUT2D eigenvalue weighted by Gasteiger charge is -2.44. The Hall–Kier alpha value is -0.760. The van der Waals surface area contributed by atoms with Gasteiger partial charge in [0, 0.05) is 43.6 Å². The van der Waals surface area contributed by atoms with Gasteiger partial charge in [0.1, 0.15) is 0 Å². The fraction of sp³-hybridized carbons (Fsp3) is 1.00. The van der Waals surface area contributed by atoms with E-state index < -0.39 is 6.17 Å². The van der Waals surface area contributed by atoms with Gasteiger partial charge in [0.2, 0.25) is 0 Å². The number of nitrogens with zero attached hydrogens (tertiary/aromatic N) is 2. The first kappa shape index (κ1) is 14.6. The van der Waals surface area contributed by atoms with Gasteiger partial charge in [0.15, 0.2) is 0 Å². The maximum atomic E-state index is 10.7. The number of aliphatic hydroxyl groups excluding tert-OH is 1. The third-order valence-electron chi connectivity index (χ3n) is 4.34. The lowest BCUT2D eigenvalue weighted by molar-refractivity contribution is -0.532. The SMILES string of the molecule is COC1CCC(CO)N(C2CCC([N+](=O)[O-])NC2)C1. The minimum absolute atomic E-state index is 0.144. The smallest absolute Gasteiger partial charge is 0.266 e. The van der Waals surface area contributed by atoms with Crippen molar-refractivity contribution >= 4 is 0 Å². The Bertz CT molecular complexity index is 307. The first-order valence-electron chi connectivity index (χ1n) is 6.92. The van der Waals surface area contributed by atoms with Crippen LogP contribution in [0, 0.1) is 10.1 Å². The average Bonchev–Trinajstić information content (AvgIpc) is 2.46. The minimum Gasteiger partial charge on any atom is -0.395 e. The summed E-state index contributed by atoms with van der Waals surface area (Å²) in [4.78, 5) is 12.7. The van der Waals surface area contributed by atoms with Crippen molar-refractivity contribution < 1.29 is 14.8 Å². The van der Waals surface area contributed by atoms with Crippen molar-refractivity contribution in [3.63, 3.8) is 0 Å². The number of likely N-dealkylation sites (tertiary alicyclic amines) is 1. The van der Waals surface area contributed by atoms with E-state index in [9.17, 15) is 15.2 Å². The Morgan fingerprint density at radius 1 is 1.42 bits per heavy atom. The van der Waals surface area contributed by atoms with Gasteiger partial charge >= 0.3 is 0 Å². The van der Waals surface area contributed by atoms with E-state index in [1.165, 1.54) is 0 Å². The summed E-state index contributed by atoms with van der Waals surface area (Å²) >= 11 is 0. The molecule has 7 nitrogen and oxygen atoms in total. The van der Waals surface area contributed by atoms with Crippen molar-refractivity contribution in [3.05, 3.63) is 10.1 Å². The van der Waals surface area contributed by atoms with Gasteiger partial charge in [-0.1, -0.05) is 0 Å². The Balaban J connectivity index is 1.93. The highest BCUT2D eigenvalue weighted by Crippen LogP contribution is 2.25. The number of hydrogen-bond donors (Lipinski definition) is 2. The van der Waals surface area contributed by atoms with Crippen LogP contribution in [0.2, 0.25) is 0 Å². The third kappa shape index (κ3) is 3.42. The normalized spacial score (nSPS) is 37.2. The number of rotatable bonds is 4. The summed E-state index contributed by atoms with van der Waals surface area (Å²) in [5.41, 5.74) is 0. The molecule has 0 aromatic heterocycles. The molecule has 4 unspecified atom stereocenters. The van der Waals surface area contributed by atoms with E-state index in [2.05, 4.69) is 10.2 Å². The van der Waals surface area contributed by atoms with Crippen LogP contribution < -0.4 is 5.32 Å². The van der Waals surface area contributed by atoms with Crippen molar-refractivity contribution in [3.8, 4) is 0 Å². The van der Waals surface area contributed by atoms with Crippen LogP contribution in [0.4, 0.5) is 0 Å². The molecule has 2 aliphatic heterocycles. The van der Waals surface area contributed by atoms with Crippen molar-refractivity contribution in [2.45, 2.75) is 50.0 Å². The molecule has 0 aromatic rings. The van der Waals surface area contributed by atoms with Crippen LogP contribution in [0.1, 0.15) is 25.7 Å². The Kier molecular flexibility index (Phi) is 5.09. The summed E-state index contributed by atoms with van der Waals surface area (Å²) in [6, 6.07) is 0.414. The second kappa shape index (κ2) is 6.60. The van der Waals surface area contributed by atoms with Gasteiger partial charge in [-0.25, -0.2) is 0 Å². The summed E-state index contributed by atoms with van der Waals surface area (Å²) in [6.45, 7) is 1.56. The van der Waals surface area contributed by atoms with Gasteiger partial charge in [-0.15, -0.1) is 0 Å². The molecule has 0 aliphatic carbocycles. The molecule has 0 aromatic carbocycles.